The van der Waals surface area contributed by atoms with E-state index >= 15 is 0 Å². The van der Waals surface area contributed by atoms with Crippen LogP contribution >= 0.6 is 0 Å². The predicted molar refractivity (Wildman–Crippen MR) is 65.5 cm³/mol. The molecule has 94 valence electrons. The number of carboxylic acid groups (broad SMARTS) is 1. The topological polar surface area (TPSA) is 40.5 Å². The highest BCUT2D eigenvalue weighted by Gasteiger charge is 2.34. The first-order valence-corrected chi connectivity index (χ1v) is 6.56. The van der Waals surface area contributed by atoms with E-state index in [1.807, 2.05) is 13.8 Å². The Labute approximate surface area is 98.8 Å². The second-order valence-electron chi connectivity index (χ2n) is 5.20. The lowest BCUT2D eigenvalue weighted by Gasteiger charge is -2.41. The maximum Gasteiger partial charge on any atom is 0.321 e. The second kappa shape index (κ2) is 6.24. The van der Waals surface area contributed by atoms with Gasteiger partial charge in [0.1, 0.15) is 6.04 Å². The van der Waals surface area contributed by atoms with Crippen LogP contribution in [0.5, 0.6) is 0 Å². The van der Waals surface area contributed by atoms with Crippen LogP contribution in [-0.4, -0.2) is 34.6 Å². The van der Waals surface area contributed by atoms with Crippen LogP contribution in [0, 0.1) is 5.92 Å². The number of carboxylic acids is 1. The molecule has 0 bridgehead atoms. The first-order chi connectivity index (χ1) is 7.57. The average molecular weight is 227 g/mol. The van der Waals surface area contributed by atoms with Crippen LogP contribution in [-0.2, 0) is 4.79 Å². The molecule has 1 fully saturated rings. The molecule has 0 spiro atoms. The van der Waals surface area contributed by atoms with Gasteiger partial charge in [0.15, 0.2) is 0 Å². The van der Waals surface area contributed by atoms with E-state index in [2.05, 4.69) is 11.8 Å². The standard InChI is InChI=1S/C13H25NO2/c1-4-7-11-8-5-6-9-14(11)12(10(2)3)13(15)16/h10-12H,4-9H2,1-3H3,(H,15,16). The molecule has 16 heavy (non-hydrogen) atoms. The van der Waals surface area contributed by atoms with Gasteiger partial charge in [0, 0.05) is 6.04 Å². The third kappa shape index (κ3) is 3.21. The van der Waals surface area contributed by atoms with Gasteiger partial charge in [-0.15, -0.1) is 0 Å². The van der Waals surface area contributed by atoms with Gasteiger partial charge in [-0.05, 0) is 31.7 Å². The third-order valence-corrected chi connectivity index (χ3v) is 3.54. The Balaban J connectivity index is 2.74. The molecule has 1 saturated heterocycles. The smallest absolute Gasteiger partial charge is 0.321 e. The van der Waals surface area contributed by atoms with Crippen molar-refractivity contribution < 1.29 is 9.90 Å². The van der Waals surface area contributed by atoms with Crippen LogP contribution in [0.1, 0.15) is 52.9 Å². The molecule has 1 N–H and O–H groups in total. The molecule has 0 radical (unpaired) electrons. The fourth-order valence-corrected chi connectivity index (χ4v) is 2.84. The Bertz CT molecular complexity index is 226. The van der Waals surface area contributed by atoms with Crippen LogP contribution in [0.25, 0.3) is 0 Å². The Hall–Kier alpha value is -0.570. The number of piperidine rings is 1. The van der Waals surface area contributed by atoms with Gasteiger partial charge in [-0.2, -0.15) is 0 Å². The summed E-state index contributed by atoms with van der Waals surface area (Å²) in [6.07, 6.45) is 5.86. The van der Waals surface area contributed by atoms with Gasteiger partial charge in [0.05, 0.1) is 0 Å². The summed E-state index contributed by atoms with van der Waals surface area (Å²) in [7, 11) is 0. The maximum absolute atomic E-state index is 11.3. The lowest BCUT2D eigenvalue weighted by molar-refractivity contribution is -0.147. The lowest BCUT2D eigenvalue weighted by atomic mass is 9.92. The fraction of sp³-hybridized carbons (Fsp3) is 0.923. The highest BCUT2D eigenvalue weighted by atomic mass is 16.4. The molecule has 0 aromatic carbocycles. The zero-order valence-corrected chi connectivity index (χ0v) is 10.8. The highest BCUT2D eigenvalue weighted by molar-refractivity contribution is 5.73. The molecule has 3 nitrogen and oxygen atoms in total. The molecule has 0 amide bonds. The fourth-order valence-electron chi connectivity index (χ4n) is 2.84. The minimum absolute atomic E-state index is 0.190. The van der Waals surface area contributed by atoms with E-state index in [1.54, 1.807) is 0 Å². The highest BCUT2D eigenvalue weighted by Crippen LogP contribution is 2.26. The van der Waals surface area contributed by atoms with Gasteiger partial charge in [0.25, 0.3) is 0 Å². The van der Waals surface area contributed by atoms with Gasteiger partial charge >= 0.3 is 5.97 Å². The average Bonchev–Trinajstić information content (AvgIpc) is 2.20. The Morgan fingerprint density at radius 3 is 2.62 bits per heavy atom. The van der Waals surface area contributed by atoms with Crippen molar-refractivity contribution in [3.8, 4) is 0 Å². The van der Waals surface area contributed by atoms with Crippen LogP contribution in [0.3, 0.4) is 0 Å². The summed E-state index contributed by atoms with van der Waals surface area (Å²) in [6, 6.07) is 0.194. The number of carbonyl (C=O) groups is 1. The Morgan fingerprint density at radius 2 is 2.12 bits per heavy atom. The number of nitrogens with zero attached hydrogens (tertiary/aromatic N) is 1. The maximum atomic E-state index is 11.3. The summed E-state index contributed by atoms with van der Waals surface area (Å²) in [5.41, 5.74) is 0. The van der Waals surface area contributed by atoms with E-state index in [9.17, 15) is 9.90 Å². The molecule has 0 aromatic heterocycles. The van der Waals surface area contributed by atoms with Gasteiger partial charge in [0.2, 0.25) is 0 Å². The van der Waals surface area contributed by atoms with E-state index in [0.29, 0.717) is 6.04 Å². The van der Waals surface area contributed by atoms with Crippen LogP contribution in [0.4, 0.5) is 0 Å². The number of hydrogen-bond acceptors (Lipinski definition) is 2. The summed E-state index contributed by atoms with van der Waals surface area (Å²) in [4.78, 5) is 13.6. The van der Waals surface area contributed by atoms with Gasteiger partial charge in [-0.25, -0.2) is 0 Å². The SMILES string of the molecule is CCCC1CCCCN1C(C(=O)O)C(C)C. The molecule has 2 unspecified atom stereocenters. The molecule has 3 heteroatoms. The molecule has 1 heterocycles. The van der Waals surface area contributed by atoms with Crippen molar-refractivity contribution in [1.29, 1.82) is 0 Å². The third-order valence-electron chi connectivity index (χ3n) is 3.54. The molecular formula is C13H25NO2. The van der Waals surface area contributed by atoms with E-state index < -0.39 is 5.97 Å². The summed E-state index contributed by atoms with van der Waals surface area (Å²) in [5.74, 6) is -0.465. The molecule has 0 saturated carbocycles. The van der Waals surface area contributed by atoms with Crippen molar-refractivity contribution >= 4 is 5.97 Å². The van der Waals surface area contributed by atoms with Gasteiger partial charge in [-0.1, -0.05) is 33.6 Å². The minimum atomic E-state index is -0.655. The molecule has 0 aromatic rings. The van der Waals surface area contributed by atoms with Gasteiger partial charge in [-0.3, -0.25) is 9.69 Å². The summed E-state index contributed by atoms with van der Waals surface area (Å²) >= 11 is 0. The lowest BCUT2D eigenvalue weighted by Crippen LogP contribution is -2.52. The largest absolute Gasteiger partial charge is 0.480 e. The summed E-state index contributed by atoms with van der Waals surface area (Å²) < 4.78 is 0. The number of rotatable bonds is 5. The van der Waals surface area contributed by atoms with Crippen molar-refractivity contribution in [2.24, 2.45) is 5.92 Å². The quantitative estimate of drug-likeness (QED) is 0.785. The molecule has 2 atom stereocenters. The minimum Gasteiger partial charge on any atom is -0.480 e. The predicted octanol–water partition coefficient (Wildman–Crippen LogP) is 2.75. The van der Waals surface area contributed by atoms with Crippen molar-refractivity contribution in [2.45, 2.75) is 65.0 Å². The van der Waals surface area contributed by atoms with Gasteiger partial charge < -0.3 is 5.11 Å². The van der Waals surface area contributed by atoms with Crippen LogP contribution in [0.2, 0.25) is 0 Å². The Morgan fingerprint density at radius 1 is 1.44 bits per heavy atom. The van der Waals surface area contributed by atoms with Crippen LogP contribution < -0.4 is 0 Å². The molecule has 0 aliphatic carbocycles. The van der Waals surface area contributed by atoms with Crippen LogP contribution in [0.15, 0.2) is 0 Å². The molecular weight excluding hydrogens is 202 g/mol. The van der Waals surface area contributed by atoms with Crippen molar-refractivity contribution in [2.75, 3.05) is 6.54 Å². The second-order valence-corrected chi connectivity index (χ2v) is 5.20. The number of aliphatic carboxylic acids is 1. The number of hydrogen-bond donors (Lipinski definition) is 1. The van der Waals surface area contributed by atoms with E-state index in [4.69, 9.17) is 0 Å². The van der Waals surface area contributed by atoms with Crippen molar-refractivity contribution in [3.63, 3.8) is 0 Å². The monoisotopic (exact) mass is 227 g/mol. The van der Waals surface area contributed by atoms with Crippen molar-refractivity contribution in [1.82, 2.24) is 4.90 Å². The Kier molecular flexibility index (Phi) is 5.26. The molecule has 1 aliphatic rings. The zero-order chi connectivity index (χ0) is 12.1. The summed E-state index contributed by atoms with van der Waals surface area (Å²) in [5, 5.41) is 9.34. The normalized spacial score (nSPS) is 24.6. The summed E-state index contributed by atoms with van der Waals surface area (Å²) in [6.45, 7) is 7.16. The van der Waals surface area contributed by atoms with E-state index in [1.165, 1.54) is 12.8 Å². The first-order valence-electron chi connectivity index (χ1n) is 6.56. The van der Waals surface area contributed by atoms with Crippen molar-refractivity contribution in [3.05, 3.63) is 0 Å². The molecule has 1 aliphatic heterocycles. The molecule has 1 rings (SSSR count). The zero-order valence-electron chi connectivity index (χ0n) is 10.8. The van der Waals surface area contributed by atoms with E-state index in [0.717, 1.165) is 25.8 Å². The first kappa shape index (κ1) is 13.5. The number of likely N-dealkylation sites (tertiary alicyclic amines) is 1. The van der Waals surface area contributed by atoms with E-state index in [-0.39, 0.29) is 12.0 Å².